The second kappa shape index (κ2) is 8.96. The quantitative estimate of drug-likeness (QED) is 0.576. The van der Waals surface area contributed by atoms with Gasteiger partial charge in [-0.3, -0.25) is 14.0 Å². The number of nitrogens with zero attached hydrogens (tertiary/aromatic N) is 2. The lowest BCUT2D eigenvalue weighted by Gasteiger charge is -2.11. The summed E-state index contributed by atoms with van der Waals surface area (Å²) in [4.78, 5) is 29.3. The smallest absolute Gasteiger partial charge is 0.270 e. The van der Waals surface area contributed by atoms with E-state index in [1.165, 1.54) is 7.11 Å². The highest BCUT2D eigenvalue weighted by Gasteiger charge is 2.17. The molecule has 0 unspecified atom stereocenters. The zero-order chi connectivity index (χ0) is 21.0. The summed E-state index contributed by atoms with van der Waals surface area (Å²) in [5.74, 6) is 0.147. The van der Waals surface area contributed by atoms with Crippen molar-refractivity contribution in [1.82, 2.24) is 14.7 Å². The van der Waals surface area contributed by atoms with Gasteiger partial charge in [0, 0.05) is 24.2 Å². The Bertz CT molecular complexity index is 1060. The number of ether oxygens (including phenoxy) is 1. The van der Waals surface area contributed by atoms with Gasteiger partial charge >= 0.3 is 0 Å². The van der Waals surface area contributed by atoms with Crippen LogP contribution in [0.5, 0.6) is 5.75 Å². The molecule has 0 saturated heterocycles. The molecule has 152 valence electrons. The number of nitrogens with one attached hydrogen (secondary N) is 2. The Balaban J connectivity index is 1.54. The summed E-state index contributed by atoms with van der Waals surface area (Å²) < 4.78 is 7.01. The number of carbonyl (C=O) groups excluding carboxylic acids is 2. The summed E-state index contributed by atoms with van der Waals surface area (Å²) in [6, 6.07) is 8.86. The molecule has 0 spiro atoms. The third-order valence-corrected chi connectivity index (χ3v) is 4.77. The summed E-state index contributed by atoms with van der Waals surface area (Å²) in [5.41, 5.74) is 3.47. The van der Waals surface area contributed by atoms with Gasteiger partial charge in [-0.05, 0) is 50.1 Å². The number of aromatic nitrogens is 2. The molecule has 29 heavy (non-hydrogen) atoms. The number of fused-ring (bicyclic) bond motifs is 1. The van der Waals surface area contributed by atoms with E-state index < -0.39 is 0 Å². The molecule has 2 heterocycles. The number of methoxy groups -OCH3 is 1. The number of imidazole rings is 1. The first-order chi connectivity index (χ1) is 13.9. The normalized spacial score (nSPS) is 10.8. The predicted octanol–water partition coefficient (Wildman–Crippen LogP) is 3.76. The molecule has 3 aromatic rings. The van der Waals surface area contributed by atoms with Crippen LogP contribution in [0.4, 0.5) is 5.69 Å². The zero-order valence-electron chi connectivity index (χ0n) is 16.6. The number of amides is 2. The van der Waals surface area contributed by atoms with Crippen LogP contribution in [0.1, 0.15) is 34.6 Å². The second-order valence-corrected chi connectivity index (χ2v) is 7.12. The number of halogens is 1. The van der Waals surface area contributed by atoms with Crippen molar-refractivity contribution in [2.45, 2.75) is 26.7 Å². The maximum absolute atomic E-state index is 12.6. The summed E-state index contributed by atoms with van der Waals surface area (Å²) in [6.45, 7) is 4.14. The molecule has 0 aliphatic rings. The maximum atomic E-state index is 12.6. The fourth-order valence-corrected chi connectivity index (χ4v) is 3.29. The zero-order valence-corrected chi connectivity index (χ0v) is 17.3. The average molecular weight is 415 g/mol. The summed E-state index contributed by atoms with van der Waals surface area (Å²) in [7, 11) is 1.53. The summed E-state index contributed by atoms with van der Waals surface area (Å²) in [5, 5.41) is 6.15. The van der Waals surface area contributed by atoms with E-state index in [1.807, 2.05) is 32.2 Å². The van der Waals surface area contributed by atoms with Gasteiger partial charge in [-0.15, -0.1) is 0 Å². The Morgan fingerprint density at radius 3 is 2.79 bits per heavy atom. The largest absolute Gasteiger partial charge is 0.495 e. The molecule has 2 amide bonds. The number of anilines is 1. The highest BCUT2D eigenvalue weighted by Crippen LogP contribution is 2.27. The van der Waals surface area contributed by atoms with Crippen LogP contribution in [0.15, 0.2) is 36.5 Å². The molecule has 0 saturated carbocycles. The van der Waals surface area contributed by atoms with E-state index in [9.17, 15) is 9.59 Å². The number of hydrogen-bond donors (Lipinski definition) is 2. The molecule has 3 rings (SSSR count). The van der Waals surface area contributed by atoms with Crippen molar-refractivity contribution in [3.8, 4) is 5.75 Å². The molecule has 0 fully saturated rings. The van der Waals surface area contributed by atoms with Gasteiger partial charge in [-0.2, -0.15) is 0 Å². The van der Waals surface area contributed by atoms with E-state index in [1.54, 1.807) is 22.6 Å². The van der Waals surface area contributed by atoms with E-state index >= 15 is 0 Å². The van der Waals surface area contributed by atoms with Gasteiger partial charge < -0.3 is 15.4 Å². The number of hydrogen-bond acceptors (Lipinski definition) is 4. The predicted molar refractivity (Wildman–Crippen MR) is 113 cm³/mol. The lowest BCUT2D eigenvalue weighted by atomic mass is 10.2. The van der Waals surface area contributed by atoms with Crippen molar-refractivity contribution in [2.75, 3.05) is 19.0 Å². The third-order valence-electron chi connectivity index (χ3n) is 4.54. The first-order valence-corrected chi connectivity index (χ1v) is 9.64. The van der Waals surface area contributed by atoms with E-state index in [0.717, 1.165) is 11.2 Å². The fraction of sp³-hybridized carbons (Fsp3) is 0.286. The number of benzene rings is 1. The Labute approximate surface area is 174 Å². The molecular weight excluding hydrogens is 392 g/mol. The Hall–Kier alpha value is -3.06. The number of pyridine rings is 1. The summed E-state index contributed by atoms with van der Waals surface area (Å²) in [6.07, 6.45) is 2.57. The Morgan fingerprint density at radius 1 is 1.24 bits per heavy atom. The number of carbonyl (C=O) groups is 2. The van der Waals surface area contributed by atoms with E-state index in [2.05, 4.69) is 15.6 Å². The third kappa shape index (κ3) is 4.68. The highest BCUT2D eigenvalue weighted by atomic mass is 35.5. The minimum absolute atomic E-state index is 0.179. The van der Waals surface area contributed by atoms with Crippen molar-refractivity contribution in [1.29, 1.82) is 0 Å². The van der Waals surface area contributed by atoms with Gasteiger partial charge in [-0.25, -0.2) is 4.98 Å². The van der Waals surface area contributed by atoms with Crippen LogP contribution in [0.25, 0.3) is 5.65 Å². The topological polar surface area (TPSA) is 84.7 Å². The summed E-state index contributed by atoms with van der Waals surface area (Å²) >= 11 is 5.97. The van der Waals surface area contributed by atoms with E-state index in [4.69, 9.17) is 16.3 Å². The van der Waals surface area contributed by atoms with Gasteiger partial charge in [0.25, 0.3) is 5.91 Å². The number of aryl methyl sites for hydroxylation is 2. The Kier molecular flexibility index (Phi) is 6.39. The lowest BCUT2D eigenvalue weighted by Crippen LogP contribution is -2.27. The number of rotatable bonds is 7. The standard InChI is InChI=1S/C21H23ClN4O3/c1-13-6-5-11-26-19(14(2)24-20(13)26)21(28)23-10-4-7-18(27)25-16-12-15(22)8-9-17(16)29-3/h5-6,8-9,11-12H,4,7,10H2,1-3H3,(H,23,28)(H,25,27). The van der Waals surface area contributed by atoms with Crippen LogP contribution >= 0.6 is 11.6 Å². The lowest BCUT2D eigenvalue weighted by molar-refractivity contribution is -0.116. The maximum Gasteiger partial charge on any atom is 0.270 e. The van der Waals surface area contributed by atoms with Gasteiger partial charge in [0.05, 0.1) is 18.5 Å². The van der Waals surface area contributed by atoms with Crippen molar-refractivity contribution in [2.24, 2.45) is 0 Å². The Morgan fingerprint density at radius 2 is 2.03 bits per heavy atom. The first kappa shape index (κ1) is 20.7. The molecule has 0 radical (unpaired) electrons. The highest BCUT2D eigenvalue weighted by molar-refractivity contribution is 6.31. The van der Waals surface area contributed by atoms with Crippen molar-refractivity contribution < 1.29 is 14.3 Å². The fourth-order valence-electron chi connectivity index (χ4n) is 3.12. The van der Waals surface area contributed by atoms with Crippen LogP contribution in [-0.2, 0) is 4.79 Å². The molecule has 1 aromatic carbocycles. The van der Waals surface area contributed by atoms with Gasteiger partial charge in [0.15, 0.2) is 0 Å². The molecule has 2 N–H and O–H groups in total. The minimum atomic E-state index is -0.211. The minimum Gasteiger partial charge on any atom is -0.495 e. The van der Waals surface area contributed by atoms with Crippen LogP contribution in [0.2, 0.25) is 5.02 Å². The molecule has 7 nitrogen and oxygen atoms in total. The van der Waals surface area contributed by atoms with Crippen LogP contribution in [0, 0.1) is 13.8 Å². The van der Waals surface area contributed by atoms with Crippen LogP contribution in [0.3, 0.4) is 0 Å². The van der Waals surface area contributed by atoms with Gasteiger partial charge in [0.2, 0.25) is 5.91 Å². The van der Waals surface area contributed by atoms with Crippen LogP contribution in [-0.4, -0.2) is 34.9 Å². The molecule has 0 bridgehead atoms. The van der Waals surface area contributed by atoms with Gasteiger partial charge in [-0.1, -0.05) is 17.7 Å². The molecule has 0 atom stereocenters. The molecule has 2 aromatic heterocycles. The van der Waals surface area contributed by atoms with Crippen molar-refractivity contribution >= 4 is 34.7 Å². The second-order valence-electron chi connectivity index (χ2n) is 6.68. The molecule has 8 heteroatoms. The molecule has 0 aliphatic heterocycles. The van der Waals surface area contributed by atoms with Crippen molar-refractivity contribution in [3.63, 3.8) is 0 Å². The molecule has 0 aliphatic carbocycles. The van der Waals surface area contributed by atoms with Crippen molar-refractivity contribution in [3.05, 3.63) is 58.5 Å². The van der Waals surface area contributed by atoms with E-state index in [-0.39, 0.29) is 18.2 Å². The monoisotopic (exact) mass is 414 g/mol. The van der Waals surface area contributed by atoms with Gasteiger partial charge in [0.1, 0.15) is 17.1 Å². The van der Waals surface area contributed by atoms with E-state index in [0.29, 0.717) is 40.8 Å². The first-order valence-electron chi connectivity index (χ1n) is 9.26. The van der Waals surface area contributed by atoms with Crippen LogP contribution < -0.4 is 15.4 Å². The SMILES string of the molecule is COc1ccc(Cl)cc1NC(=O)CCCNC(=O)c1c(C)nc2c(C)cccn12. The average Bonchev–Trinajstić information content (AvgIpc) is 3.03. The molecular formula is C21H23ClN4O3.